The van der Waals surface area contributed by atoms with Gasteiger partial charge in [0.05, 0.1) is 26.4 Å². The SMILES string of the molecule is O=[N+]([O-])c1ccc(Cl)c([C@H]2Nc3ccc(S(=O)(=O)Nc4ccc(Cl)c(C(F)(F)F)c4)cc3[C@H]3C=CC[C@H]32)c1. The van der Waals surface area contributed by atoms with E-state index in [0.29, 0.717) is 34.3 Å². The highest BCUT2D eigenvalue weighted by molar-refractivity contribution is 7.92. The Kier molecular flexibility index (Phi) is 6.57. The van der Waals surface area contributed by atoms with Crippen molar-refractivity contribution < 1.29 is 26.5 Å². The normalized spacial score (nSPS) is 20.4. The van der Waals surface area contributed by atoms with E-state index in [4.69, 9.17) is 23.2 Å². The molecule has 0 aromatic heterocycles. The Morgan fingerprint density at radius 3 is 2.45 bits per heavy atom. The standard InChI is InChI=1S/C25H18Cl2F3N3O4S/c26-21-8-5-14(33(34)35)11-19(21)24-17-3-1-2-16(17)18-12-15(6-9-23(18)31-24)38(36,37)32-13-4-7-22(27)20(10-13)25(28,29)30/h1-2,4-12,16-17,24,31-32H,3H2/t16-,17+,24-/m0/s1. The molecule has 5 rings (SSSR count). The minimum Gasteiger partial charge on any atom is -0.378 e. The van der Waals surface area contributed by atoms with E-state index >= 15 is 0 Å². The highest BCUT2D eigenvalue weighted by Gasteiger charge is 2.40. The van der Waals surface area contributed by atoms with E-state index in [9.17, 15) is 31.7 Å². The number of nitro groups is 1. The summed E-state index contributed by atoms with van der Waals surface area (Å²) in [5, 5.41) is 14.5. The molecule has 0 saturated heterocycles. The second-order valence-corrected chi connectivity index (χ2v) is 11.5. The molecular weight excluding hydrogens is 566 g/mol. The second kappa shape index (κ2) is 9.48. The Morgan fingerprint density at radius 2 is 1.74 bits per heavy atom. The number of nitrogens with zero attached hydrogens (tertiary/aromatic N) is 1. The molecule has 1 aliphatic carbocycles. The number of halogens is 5. The highest BCUT2D eigenvalue weighted by atomic mass is 35.5. The van der Waals surface area contributed by atoms with Crippen LogP contribution in [-0.2, 0) is 16.2 Å². The molecule has 0 fully saturated rings. The van der Waals surface area contributed by atoms with Crippen molar-refractivity contribution in [3.05, 3.63) is 104 Å². The minimum absolute atomic E-state index is 0.0945. The van der Waals surface area contributed by atoms with Crippen molar-refractivity contribution in [3.8, 4) is 0 Å². The summed E-state index contributed by atoms with van der Waals surface area (Å²) in [6.45, 7) is 0. The maximum Gasteiger partial charge on any atom is 0.417 e. The van der Waals surface area contributed by atoms with Crippen molar-refractivity contribution >= 4 is 50.3 Å². The van der Waals surface area contributed by atoms with Gasteiger partial charge in [-0.2, -0.15) is 13.2 Å². The fourth-order valence-electron chi connectivity index (χ4n) is 4.95. The first kappa shape index (κ1) is 26.3. The smallest absolute Gasteiger partial charge is 0.378 e. The van der Waals surface area contributed by atoms with Gasteiger partial charge in [-0.3, -0.25) is 14.8 Å². The van der Waals surface area contributed by atoms with Gasteiger partial charge in [0.2, 0.25) is 0 Å². The predicted octanol–water partition coefficient (Wildman–Crippen LogP) is 7.55. The molecule has 0 amide bonds. The first-order valence-electron chi connectivity index (χ1n) is 11.3. The number of fused-ring (bicyclic) bond motifs is 3. The molecule has 2 N–H and O–H groups in total. The Hall–Kier alpha value is -3.28. The largest absolute Gasteiger partial charge is 0.417 e. The number of allylic oxidation sites excluding steroid dienone is 2. The third-order valence-corrected chi connectivity index (χ3v) is 8.75. The molecule has 13 heteroatoms. The van der Waals surface area contributed by atoms with Crippen molar-refractivity contribution in [2.45, 2.75) is 29.5 Å². The summed E-state index contributed by atoms with van der Waals surface area (Å²) in [6.07, 6.45) is -0.225. The fraction of sp³-hybridized carbons (Fsp3) is 0.200. The maximum absolute atomic E-state index is 13.2. The number of benzene rings is 3. The number of nitro benzene ring substituents is 1. The molecule has 1 heterocycles. The number of hydrogen-bond donors (Lipinski definition) is 2. The van der Waals surface area contributed by atoms with Gasteiger partial charge in [-0.15, -0.1) is 0 Å². The van der Waals surface area contributed by atoms with Gasteiger partial charge in [0.25, 0.3) is 15.7 Å². The van der Waals surface area contributed by atoms with Crippen LogP contribution in [0.25, 0.3) is 0 Å². The predicted molar refractivity (Wildman–Crippen MR) is 138 cm³/mol. The number of anilines is 2. The summed E-state index contributed by atoms with van der Waals surface area (Å²) in [5.74, 6) is -0.312. The Labute approximate surface area is 225 Å². The molecule has 1 aliphatic heterocycles. The molecule has 3 aromatic rings. The van der Waals surface area contributed by atoms with Gasteiger partial charge in [0.15, 0.2) is 0 Å². The number of non-ortho nitro benzene ring substituents is 1. The minimum atomic E-state index is -4.75. The lowest BCUT2D eigenvalue weighted by atomic mass is 9.77. The van der Waals surface area contributed by atoms with Gasteiger partial charge < -0.3 is 5.32 Å². The molecule has 0 radical (unpaired) electrons. The summed E-state index contributed by atoms with van der Waals surface area (Å²) in [4.78, 5) is 10.7. The van der Waals surface area contributed by atoms with E-state index in [0.717, 1.165) is 12.1 Å². The lowest BCUT2D eigenvalue weighted by molar-refractivity contribution is -0.384. The molecule has 0 spiro atoms. The van der Waals surface area contributed by atoms with E-state index in [-0.39, 0.29) is 34.1 Å². The molecule has 3 aromatic carbocycles. The number of nitrogens with one attached hydrogen (secondary N) is 2. The Balaban J connectivity index is 1.49. The molecule has 0 saturated carbocycles. The third-order valence-electron chi connectivity index (χ3n) is 6.69. The van der Waals surface area contributed by atoms with Gasteiger partial charge in [-0.1, -0.05) is 35.4 Å². The summed E-state index contributed by atoms with van der Waals surface area (Å²) in [7, 11) is -4.25. The van der Waals surface area contributed by atoms with Crippen LogP contribution in [0.2, 0.25) is 10.0 Å². The summed E-state index contributed by atoms with van der Waals surface area (Å²) in [5.41, 5.74) is 0.330. The molecule has 0 bridgehead atoms. The summed E-state index contributed by atoms with van der Waals surface area (Å²) < 4.78 is 68.1. The molecule has 3 atom stereocenters. The lowest BCUT2D eigenvalue weighted by Crippen LogP contribution is -2.29. The van der Waals surface area contributed by atoms with Gasteiger partial charge in [-0.25, -0.2) is 8.42 Å². The molecule has 2 aliphatic rings. The van der Waals surface area contributed by atoms with E-state index in [1.54, 1.807) is 6.07 Å². The second-order valence-electron chi connectivity index (χ2n) is 8.99. The van der Waals surface area contributed by atoms with E-state index in [2.05, 4.69) is 10.0 Å². The maximum atomic E-state index is 13.2. The van der Waals surface area contributed by atoms with Crippen molar-refractivity contribution in [2.75, 3.05) is 10.0 Å². The van der Waals surface area contributed by atoms with Crippen LogP contribution in [0.1, 0.15) is 35.1 Å². The molecule has 7 nitrogen and oxygen atoms in total. The van der Waals surface area contributed by atoms with Crippen molar-refractivity contribution in [3.63, 3.8) is 0 Å². The lowest BCUT2D eigenvalue weighted by Gasteiger charge is -2.38. The van der Waals surface area contributed by atoms with Gasteiger partial charge in [0.1, 0.15) is 0 Å². The first-order valence-corrected chi connectivity index (χ1v) is 13.5. The molecular formula is C25H18Cl2F3N3O4S. The summed E-state index contributed by atoms with van der Waals surface area (Å²) >= 11 is 12.1. The zero-order chi connectivity index (χ0) is 27.4. The zero-order valence-electron chi connectivity index (χ0n) is 19.2. The number of alkyl halides is 3. The van der Waals surface area contributed by atoms with Crippen LogP contribution in [0.3, 0.4) is 0 Å². The zero-order valence-corrected chi connectivity index (χ0v) is 21.5. The molecule has 0 unspecified atom stereocenters. The first-order chi connectivity index (χ1) is 17.8. The monoisotopic (exact) mass is 583 g/mol. The Bertz CT molecular complexity index is 1600. The van der Waals surface area contributed by atoms with Crippen LogP contribution in [0.4, 0.5) is 30.2 Å². The van der Waals surface area contributed by atoms with Crippen LogP contribution < -0.4 is 10.0 Å². The fourth-order valence-corrected chi connectivity index (χ4v) is 6.49. The van der Waals surface area contributed by atoms with Crippen LogP contribution in [0.5, 0.6) is 0 Å². The van der Waals surface area contributed by atoms with Crippen LogP contribution in [0.15, 0.2) is 71.6 Å². The van der Waals surface area contributed by atoms with E-state index in [1.807, 2.05) is 12.2 Å². The van der Waals surface area contributed by atoms with Crippen molar-refractivity contribution in [2.24, 2.45) is 5.92 Å². The highest BCUT2D eigenvalue weighted by Crippen LogP contribution is 2.51. The molecule has 38 heavy (non-hydrogen) atoms. The van der Waals surface area contributed by atoms with Gasteiger partial charge in [-0.05, 0) is 60.4 Å². The number of rotatable bonds is 5. The summed E-state index contributed by atoms with van der Waals surface area (Å²) in [6, 6.07) is 11.0. The Morgan fingerprint density at radius 1 is 1.00 bits per heavy atom. The van der Waals surface area contributed by atoms with Crippen LogP contribution in [0, 0.1) is 16.0 Å². The topological polar surface area (TPSA) is 101 Å². The van der Waals surface area contributed by atoms with Gasteiger partial charge >= 0.3 is 6.18 Å². The van der Waals surface area contributed by atoms with Crippen molar-refractivity contribution in [1.29, 1.82) is 0 Å². The quantitative estimate of drug-likeness (QED) is 0.183. The van der Waals surface area contributed by atoms with Gasteiger partial charge in [0, 0.05) is 40.0 Å². The van der Waals surface area contributed by atoms with E-state index < -0.39 is 31.7 Å². The third kappa shape index (κ3) is 4.81. The average molecular weight is 584 g/mol. The number of sulfonamides is 1. The van der Waals surface area contributed by atoms with E-state index in [1.165, 1.54) is 30.3 Å². The average Bonchev–Trinajstić information content (AvgIpc) is 3.34. The van der Waals surface area contributed by atoms with Crippen LogP contribution in [-0.4, -0.2) is 13.3 Å². The van der Waals surface area contributed by atoms with Crippen molar-refractivity contribution in [1.82, 2.24) is 0 Å². The molecule has 198 valence electrons. The number of hydrogen-bond acceptors (Lipinski definition) is 5. The van der Waals surface area contributed by atoms with Crippen LogP contribution >= 0.6 is 23.2 Å².